The minimum absolute atomic E-state index is 0.0510. The average molecular weight is 501 g/mol. The van der Waals surface area contributed by atoms with Crippen LogP contribution in [0.15, 0.2) is 54.6 Å². The predicted octanol–water partition coefficient (Wildman–Crippen LogP) is 2.68. The lowest BCUT2D eigenvalue weighted by Gasteiger charge is -2.31. The Morgan fingerprint density at radius 3 is 2.06 bits per heavy atom. The first-order valence-electron chi connectivity index (χ1n) is 10.8. The average Bonchev–Trinajstić information content (AvgIpc) is 3.09. The first-order chi connectivity index (χ1) is 16.6. The molecular weight excluding hydrogens is 472 g/mol. The summed E-state index contributed by atoms with van der Waals surface area (Å²) in [4.78, 5) is 65.2. The lowest BCUT2D eigenvalue weighted by molar-refractivity contribution is -0.146. The van der Waals surface area contributed by atoms with Crippen LogP contribution >= 0.6 is 10.0 Å². The van der Waals surface area contributed by atoms with Gasteiger partial charge in [-0.15, -0.1) is 0 Å². The van der Waals surface area contributed by atoms with Gasteiger partial charge in [-0.3, -0.25) is 19.4 Å². The molecule has 0 radical (unpaired) electrons. The second kappa shape index (κ2) is 11.2. The Bertz CT molecular complexity index is 1080. The number of esters is 1. The summed E-state index contributed by atoms with van der Waals surface area (Å²) in [6.45, 7) is -0.897. The van der Waals surface area contributed by atoms with Crippen molar-refractivity contribution in [1.29, 1.82) is 0 Å². The van der Waals surface area contributed by atoms with Gasteiger partial charge in [0.25, 0.3) is 11.8 Å². The Hall–Kier alpha value is -3.66. The monoisotopic (exact) mass is 500 g/mol. The van der Waals surface area contributed by atoms with Crippen LogP contribution in [0, 0.1) is 0 Å². The van der Waals surface area contributed by atoms with Gasteiger partial charge < -0.3 is 14.3 Å². The summed E-state index contributed by atoms with van der Waals surface area (Å²) in [5.41, 5.74) is 1.05. The number of imide groups is 1. The molecule has 2 aromatic rings. The molecule has 0 saturated carbocycles. The van der Waals surface area contributed by atoms with Crippen molar-refractivity contribution in [2.75, 3.05) is 37.8 Å². The van der Waals surface area contributed by atoms with Gasteiger partial charge in [0, 0.05) is 0 Å². The molecule has 9 nitrogen and oxygen atoms in total. The van der Waals surface area contributed by atoms with Crippen LogP contribution in [0.2, 0.25) is 0 Å². The van der Waals surface area contributed by atoms with E-state index in [1.165, 1.54) is 12.1 Å². The molecule has 1 atom stereocenters. The van der Waals surface area contributed by atoms with Gasteiger partial charge in [-0.2, -0.15) is 0 Å². The van der Waals surface area contributed by atoms with E-state index >= 15 is 0 Å². The van der Waals surface area contributed by atoms with E-state index in [1.807, 2.05) is 24.8 Å². The molecule has 1 heterocycles. The zero-order chi connectivity index (χ0) is 25.6. The molecule has 3 amide bonds. The maximum atomic E-state index is 13.1. The van der Waals surface area contributed by atoms with E-state index in [9.17, 15) is 24.0 Å². The van der Waals surface area contributed by atoms with Crippen molar-refractivity contribution >= 4 is 40.2 Å². The molecule has 0 spiro atoms. The molecule has 1 unspecified atom stereocenters. The highest BCUT2D eigenvalue weighted by Crippen LogP contribution is 2.34. The molecule has 1 aliphatic rings. The number of hydrogen-bond donors (Lipinski definition) is 0. The van der Waals surface area contributed by atoms with Gasteiger partial charge in [0.15, 0.2) is 6.04 Å². The number of aldehydes is 1. The predicted molar refractivity (Wildman–Crippen MR) is 131 cm³/mol. The zero-order valence-corrected chi connectivity index (χ0v) is 20.7. The fourth-order valence-corrected chi connectivity index (χ4v) is 3.89. The van der Waals surface area contributed by atoms with Gasteiger partial charge in [-0.1, -0.05) is 42.5 Å². The summed E-state index contributed by atoms with van der Waals surface area (Å²) >= 11 is 0. The molecule has 1 aliphatic heterocycles. The molecule has 2 aromatic carbocycles. The summed E-state index contributed by atoms with van der Waals surface area (Å²) in [7, 11) is -1.24. The van der Waals surface area contributed by atoms with E-state index in [4.69, 9.17) is 9.47 Å². The normalized spacial score (nSPS) is 14.2. The number of benzene rings is 2. The maximum absolute atomic E-state index is 13.1. The molecule has 0 aromatic heterocycles. The molecule has 0 saturated heterocycles. The Labute approximate surface area is 205 Å². The fraction of sp³-hybridized carbons (Fsp3) is 0.320. The van der Waals surface area contributed by atoms with E-state index in [0.717, 1.165) is 15.4 Å². The van der Waals surface area contributed by atoms with E-state index < -0.39 is 53.0 Å². The Morgan fingerprint density at radius 1 is 0.943 bits per heavy atom. The van der Waals surface area contributed by atoms with Gasteiger partial charge in [0.05, 0.1) is 24.2 Å². The summed E-state index contributed by atoms with van der Waals surface area (Å²) in [6, 6.07) is 13.7. The van der Waals surface area contributed by atoms with Crippen molar-refractivity contribution in [3.63, 3.8) is 0 Å². The van der Waals surface area contributed by atoms with Crippen molar-refractivity contribution in [3.8, 4) is 0 Å². The SMILES string of the molecule is CS(C)(C)COC(=O)C(CN(CC=O)C(=O)OCc1ccccc1)N1C(=O)c2ccccc2C1=O. The highest BCUT2D eigenvalue weighted by atomic mass is 32.3. The van der Waals surface area contributed by atoms with Crippen LogP contribution in [-0.2, 0) is 25.7 Å². The molecule has 3 rings (SSSR count). The molecular formula is C25H28N2O7S. The van der Waals surface area contributed by atoms with E-state index in [0.29, 0.717) is 6.29 Å². The summed E-state index contributed by atoms with van der Waals surface area (Å²) in [5, 5.41) is 0. The summed E-state index contributed by atoms with van der Waals surface area (Å²) < 4.78 is 10.8. The van der Waals surface area contributed by atoms with Crippen LogP contribution in [0.3, 0.4) is 0 Å². The molecule has 0 aliphatic carbocycles. The lowest BCUT2D eigenvalue weighted by Crippen LogP contribution is -2.53. The van der Waals surface area contributed by atoms with Crippen LogP contribution in [0.25, 0.3) is 0 Å². The van der Waals surface area contributed by atoms with Gasteiger partial charge in [0.1, 0.15) is 18.8 Å². The number of carbonyl (C=O) groups is 5. The number of ether oxygens (including phenoxy) is 2. The van der Waals surface area contributed by atoms with Crippen molar-refractivity contribution in [2.45, 2.75) is 12.6 Å². The standard InChI is InChI=1S/C25H28N2O7S/c1-35(2,3)17-34-24(31)21(27-22(29)19-11-7-8-12-20(19)23(27)30)15-26(13-14-28)25(32)33-16-18-9-5-4-6-10-18/h4-12,14,21H,13,15-17H2,1-3H3. The van der Waals surface area contributed by atoms with Crippen LogP contribution in [0.4, 0.5) is 4.79 Å². The molecule has 10 heteroatoms. The first kappa shape index (κ1) is 26.0. The Balaban J connectivity index is 1.85. The Kier molecular flexibility index (Phi) is 8.29. The highest BCUT2D eigenvalue weighted by molar-refractivity contribution is 8.32. The molecule has 186 valence electrons. The number of hydrogen-bond acceptors (Lipinski definition) is 7. The molecule has 0 N–H and O–H groups in total. The molecule has 0 fully saturated rings. The second-order valence-electron chi connectivity index (χ2n) is 8.83. The molecule has 35 heavy (non-hydrogen) atoms. The van der Waals surface area contributed by atoms with Crippen molar-refractivity contribution in [3.05, 3.63) is 71.3 Å². The second-order valence-corrected chi connectivity index (χ2v) is 13.2. The quantitative estimate of drug-likeness (QED) is 0.280. The number of nitrogens with zero attached hydrogens (tertiary/aromatic N) is 2. The van der Waals surface area contributed by atoms with Crippen LogP contribution < -0.4 is 0 Å². The van der Waals surface area contributed by atoms with Gasteiger partial charge in [-0.05, 0) is 36.5 Å². The van der Waals surface area contributed by atoms with Gasteiger partial charge in [0.2, 0.25) is 0 Å². The lowest BCUT2D eigenvalue weighted by atomic mass is 10.1. The largest absolute Gasteiger partial charge is 0.455 e. The van der Waals surface area contributed by atoms with Gasteiger partial charge >= 0.3 is 12.1 Å². The van der Waals surface area contributed by atoms with E-state index in [-0.39, 0.29) is 23.7 Å². The summed E-state index contributed by atoms with van der Waals surface area (Å²) in [6.07, 6.45) is 5.44. The number of rotatable bonds is 10. The minimum atomic E-state index is -1.45. The van der Waals surface area contributed by atoms with Crippen LogP contribution in [-0.4, -0.2) is 83.8 Å². The van der Waals surface area contributed by atoms with Crippen molar-refractivity contribution < 1.29 is 33.4 Å². The third kappa shape index (κ3) is 6.48. The number of fused-ring (bicyclic) bond motifs is 1. The summed E-state index contributed by atoms with van der Waals surface area (Å²) in [5.74, 6) is -2.06. The minimum Gasteiger partial charge on any atom is -0.455 e. The topological polar surface area (TPSA) is 110 Å². The molecule has 0 bridgehead atoms. The van der Waals surface area contributed by atoms with Crippen LogP contribution in [0.5, 0.6) is 0 Å². The fourth-order valence-electron chi connectivity index (χ4n) is 3.42. The maximum Gasteiger partial charge on any atom is 0.410 e. The Morgan fingerprint density at radius 2 is 1.51 bits per heavy atom. The van der Waals surface area contributed by atoms with Gasteiger partial charge in [-0.25, -0.2) is 19.6 Å². The van der Waals surface area contributed by atoms with E-state index in [1.54, 1.807) is 36.4 Å². The first-order valence-corrected chi connectivity index (χ1v) is 13.8. The zero-order valence-electron chi connectivity index (χ0n) is 19.8. The third-order valence-electron chi connectivity index (χ3n) is 5.12. The van der Waals surface area contributed by atoms with Crippen molar-refractivity contribution in [2.24, 2.45) is 0 Å². The smallest absolute Gasteiger partial charge is 0.410 e. The van der Waals surface area contributed by atoms with Crippen LogP contribution in [0.1, 0.15) is 26.3 Å². The van der Waals surface area contributed by atoms with Crippen molar-refractivity contribution in [1.82, 2.24) is 9.80 Å². The number of amides is 3. The number of carbonyl (C=O) groups excluding carboxylic acids is 5. The van der Waals surface area contributed by atoms with E-state index in [2.05, 4.69) is 0 Å². The third-order valence-corrected chi connectivity index (χ3v) is 5.94. The highest BCUT2D eigenvalue weighted by Gasteiger charge is 2.44.